The number of nitrogens with one attached hydrogen (secondary N) is 1. The van der Waals surface area contributed by atoms with Gasteiger partial charge in [-0.15, -0.1) is 0 Å². The summed E-state index contributed by atoms with van der Waals surface area (Å²) in [4.78, 5) is 27.1. The van der Waals surface area contributed by atoms with Gasteiger partial charge in [-0.1, -0.05) is 18.2 Å². The number of benzene rings is 2. The highest BCUT2D eigenvalue weighted by atomic mass is 32.2. The molecule has 12 heteroatoms. The van der Waals surface area contributed by atoms with E-state index in [1.165, 1.54) is 34.6 Å². The number of rotatable bonds is 9. The number of carbonyl (C=O) groups is 2. The van der Waals surface area contributed by atoms with Crippen LogP contribution in [0.5, 0.6) is 0 Å². The minimum atomic E-state index is -4.54. The van der Waals surface area contributed by atoms with Crippen LogP contribution in [0.15, 0.2) is 66.9 Å². The highest BCUT2D eigenvalue weighted by Gasteiger charge is 2.32. The maximum Gasteiger partial charge on any atom is 0.433 e. The molecular formula is C23H21F3N4O4S. The Morgan fingerprint density at radius 2 is 1.74 bits per heavy atom. The molecule has 0 spiro atoms. The first kappa shape index (κ1) is 25.8. The number of alkyl halides is 3. The van der Waals surface area contributed by atoms with Crippen molar-refractivity contribution in [2.75, 3.05) is 10.8 Å². The molecule has 0 aliphatic rings. The maximum absolute atomic E-state index is 12.6. The van der Waals surface area contributed by atoms with Crippen molar-refractivity contribution in [1.82, 2.24) is 10.3 Å². The zero-order chi connectivity index (χ0) is 25.6. The molecule has 2 amide bonds. The van der Waals surface area contributed by atoms with Gasteiger partial charge in [-0.05, 0) is 60.0 Å². The number of halogens is 3. The first-order chi connectivity index (χ1) is 16.5. The number of nitrogens with two attached hydrogens (primary N) is 1. The van der Waals surface area contributed by atoms with Crippen molar-refractivity contribution in [2.24, 2.45) is 5.73 Å². The molecule has 4 N–H and O–H groups in total. The van der Waals surface area contributed by atoms with Gasteiger partial charge in [0.05, 0.1) is 5.69 Å². The molecule has 1 heterocycles. The molecule has 1 aromatic heterocycles. The summed E-state index contributed by atoms with van der Waals surface area (Å²) in [7, 11) is 0. The first-order valence-corrected chi connectivity index (χ1v) is 11.3. The van der Waals surface area contributed by atoms with Crippen molar-refractivity contribution in [3.63, 3.8) is 0 Å². The van der Waals surface area contributed by atoms with E-state index in [0.717, 1.165) is 17.8 Å². The first-order valence-electron chi connectivity index (χ1n) is 10.2. The van der Waals surface area contributed by atoms with Crippen LogP contribution >= 0.6 is 0 Å². The largest absolute Gasteiger partial charge is 0.433 e. The second kappa shape index (κ2) is 11.1. The van der Waals surface area contributed by atoms with Crippen molar-refractivity contribution >= 4 is 28.8 Å². The van der Waals surface area contributed by atoms with Gasteiger partial charge in [-0.25, -0.2) is 4.21 Å². The molecule has 1 unspecified atom stereocenters. The van der Waals surface area contributed by atoms with Gasteiger partial charge in [0.15, 0.2) is 0 Å². The van der Waals surface area contributed by atoms with Crippen molar-refractivity contribution in [3.8, 4) is 0 Å². The summed E-state index contributed by atoms with van der Waals surface area (Å²) in [6.45, 7) is 0.126. The minimum absolute atomic E-state index is 0.0249. The van der Waals surface area contributed by atoms with E-state index in [1.54, 1.807) is 24.3 Å². The molecular weight excluding hydrogens is 485 g/mol. The summed E-state index contributed by atoms with van der Waals surface area (Å²) in [5, 5.41) is 2.59. The molecule has 0 saturated heterocycles. The molecule has 2 aromatic carbocycles. The van der Waals surface area contributed by atoms with Crippen LogP contribution < -0.4 is 15.4 Å². The van der Waals surface area contributed by atoms with Gasteiger partial charge in [0, 0.05) is 30.4 Å². The lowest BCUT2D eigenvalue weighted by Gasteiger charge is -2.20. The second-order valence-electron chi connectivity index (χ2n) is 7.43. The van der Waals surface area contributed by atoms with Crippen LogP contribution in [-0.2, 0) is 30.4 Å². The quantitative estimate of drug-likeness (QED) is 0.384. The smallest absolute Gasteiger partial charge is 0.366 e. The van der Waals surface area contributed by atoms with Gasteiger partial charge in [0.2, 0.25) is 5.91 Å². The highest BCUT2D eigenvalue weighted by molar-refractivity contribution is 7.80. The predicted octanol–water partition coefficient (Wildman–Crippen LogP) is 3.32. The number of carbonyl (C=O) groups excluding carboxylic acids is 2. The minimum Gasteiger partial charge on any atom is -0.366 e. The summed E-state index contributed by atoms with van der Waals surface area (Å²) in [6, 6.07) is 14.6. The van der Waals surface area contributed by atoms with E-state index in [-0.39, 0.29) is 18.7 Å². The monoisotopic (exact) mass is 506 g/mol. The molecule has 35 heavy (non-hydrogen) atoms. The maximum atomic E-state index is 12.6. The number of nitrogens with zero attached hydrogens (tertiary/aromatic N) is 2. The van der Waals surface area contributed by atoms with E-state index in [1.807, 2.05) is 0 Å². The number of hydrogen-bond donors (Lipinski definition) is 3. The number of primary amides is 1. The molecule has 184 valence electrons. The Morgan fingerprint density at radius 1 is 1.03 bits per heavy atom. The third kappa shape index (κ3) is 7.11. The number of aromatic nitrogens is 1. The molecule has 0 saturated carbocycles. The van der Waals surface area contributed by atoms with Crippen LogP contribution in [0.2, 0.25) is 0 Å². The highest BCUT2D eigenvalue weighted by Crippen LogP contribution is 2.27. The van der Waals surface area contributed by atoms with E-state index >= 15 is 0 Å². The Balaban J connectivity index is 1.61. The van der Waals surface area contributed by atoms with Gasteiger partial charge in [-0.2, -0.15) is 13.2 Å². The van der Waals surface area contributed by atoms with Gasteiger partial charge >= 0.3 is 6.18 Å². The van der Waals surface area contributed by atoms with Crippen molar-refractivity contribution < 1.29 is 31.5 Å². The SMILES string of the molecule is NC(=O)c1cccc(CCN(c2ccc(C(=O)NCc3ccc(C(F)(F)F)nc3)cc2)S(=O)O)c1. The fraction of sp³-hybridized carbons (Fsp3) is 0.174. The van der Waals surface area contributed by atoms with Crippen molar-refractivity contribution in [1.29, 1.82) is 0 Å². The lowest BCUT2D eigenvalue weighted by molar-refractivity contribution is -0.141. The Kier molecular flexibility index (Phi) is 8.20. The standard InChI is InChI=1S/C23H21F3N4O4S/c24-23(25,26)20-9-4-16(13-28-20)14-29-22(32)17-5-7-19(8-6-17)30(35(33)34)11-10-15-2-1-3-18(12-15)21(27)31/h1-9,12-13H,10-11,14H2,(H2,27,31)(H,29,32)(H,33,34). The summed E-state index contributed by atoms with van der Waals surface area (Å²) >= 11 is -2.34. The molecule has 3 aromatic rings. The Labute approximate surface area is 201 Å². The molecule has 3 rings (SSSR count). The van der Waals surface area contributed by atoms with Crippen molar-refractivity contribution in [3.05, 3.63) is 94.8 Å². The Hall–Kier alpha value is -3.77. The average Bonchev–Trinajstić information content (AvgIpc) is 2.82. The summed E-state index contributed by atoms with van der Waals surface area (Å²) in [6.07, 6.45) is -3.14. The third-order valence-corrected chi connectivity index (χ3v) is 5.76. The fourth-order valence-corrected chi connectivity index (χ4v) is 3.72. The van der Waals surface area contributed by atoms with Crippen LogP contribution in [0.4, 0.5) is 18.9 Å². The Bertz CT molecular complexity index is 1220. The third-order valence-electron chi connectivity index (χ3n) is 4.99. The second-order valence-corrected chi connectivity index (χ2v) is 8.33. The number of hydrogen-bond acceptors (Lipinski definition) is 4. The number of anilines is 1. The molecule has 0 aliphatic heterocycles. The summed E-state index contributed by atoms with van der Waals surface area (Å²) in [5.41, 5.74) is 6.39. The lowest BCUT2D eigenvalue weighted by Crippen LogP contribution is -2.28. The van der Waals surface area contributed by atoms with E-state index in [0.29, 0.717) is 23.2 Å². The van der Waals surface area contributed by atoms with Crippen LogP contribution in [0.25, 0.3) is 0 Å². The predicted molar refractivity (Wildman–Crippen MR) is 124 cm³/mol. The zero-order valence-electron chi connectivity index (χ0n) is 18.2. The summed E-state index contributed by atoms with van der Waals surface area (Å²) < 4.78 is 60.6. The lowest BCUT2D eigenvalue weighted by atomic mass is 10.1. The molecule has 8 nitrogen and oxygen atoms in total. The topological polar surface area (TPSA) is 126 Å². The van der Waals surface area contributed by atoms with Crippen LogP contribution in [-0.4, -0.2) is 32.1 Å². The fourth-order valence-electron chi connectivity index (χ4n) is 3.17. The van der Waals surface area contributed by atoms with Gasteiger partial charge in [0.25, 0.3) is 17.2 Å². The number of pyridine rings is 1. The molecule has 0 bridgehead atoms. The van der Waals surface area contributed by atoms with Gasteiger partial charge in [-0.3, -0.25) is 23.4 Å². The molecule has 1 atom stereocenters. The van der Waals surface area contributed by atoms with Gasteiger partial charge in [0.1, 0.15) is 5.69 Å². The molecule has 0 radical (unpaired) electrons. The normalized spacial score (nSPS) is 12.1. The average molecular weight is 507 g/mol. The summed E-state index contributed by atoms with van der Waals surface area (Å²) in [5.74, 6) is -1.05. The van der Waals surface area contributed by atoms with Gasteiger partial charge < -0.3 is 11.1 Å². The molecule has 0 aliphatic carbocycles. The number of amides is 2. The van der Waals surface area contributed by atoms with E-state index in [2.05, 4.69) is 10.3 Å². The van der Waals surface area contributed by atoms with E-state index in [4.69, 9.17) is 5.73 Å². The Morgan fingerprint density at radius 3 is 2.31 bits per heavy atom. The van der Waals surface area contributed by atoms with Crippen LogP contribution in [0, 0.1) is 0 Å². The van der Waals surface area contributed by atoms with Crippen LogP contribution in [0.1, 0.15) is 37.5 Å². The zero-order valence-corrected chi connectivity index (χ0v) is 19.0. The van der Waals surface area contributed by atoms with E-state index in [9.17, 15) is 31.5 Å². The molecule has 0 fully saturated rings. The van der Waals surface area contributed by atoms with Crippen LogP contribution in [0.3, 0.4) is 0 Å². The van der Waals surface area contributed by atoms with E-state index < -0.39 is 35.0 Å². The van der Waals surface area contributed by atoms with Crippen molar-refractivity contribution in [2.45, 2.75) is 19.1 Å².